The second kappa shape index (κ2) is 8.19. The zero-order valence-electron chi connectivity index (χ0n) is 14.3. The molecule has 3 rings (SSSR count). The van der Waals surface area contributed by atoms with Crippen molar-refractivity contribution < 1.29 is 18.7 Å². The van der Waals surface area contributed by atoms with E-state index in [-0.39, 0.29) is 23.6 Å². The van der Waals surface area contributed by atoms with Crippen LogP contribution in [-0.2, 0) is 11.4 Å². The highest BCUT2D eigenvalue weighted by Gasteiger charge is 2.34. The van der Waals surface area contributed by atoms with Gasteiger partial charge in [0.2, 0.25) is 0 Å². The van der Waals surface area contributed by atoms with Crippen molar-refractivity contribution in [3.05, 3.63) is 70.4 Å². The summed E-state index contributed by atoms with van der Waals surface area (Å²) in [6, 6.07) is 13.6. The van der Waals surface area contributed by atoms with Gasteiger partial charge in [-0.15, -0.1) is 0 Å². The van der Waals surface area contributed by atoms with Crippen LogP contribution in [0.1, 0.15) is 24.5 Å². The Morgan fingerprint density at radius 1 is 1.12 bits per heavy atom. The second-order valence-electron chi connectivity index (χ2n) is 5.78. The monoisotopic (exact) mass is 371 g/mol. The molecule has 134 valence electrons. The van der Waals surface area contributed by atoms with E-state index < -0.39 is 0 Å². The highest BCUT2D eigenvalue weighted by atomic mass is 32.2. The Bertz CT molecular complexity index is 848. The fourth-order valence-corrected chi connectivity index (χ4v) is 3.37. The van der Waals surface area contributed by atoms with Crippen molar-refractivity contribution in [2.45, 2.75) is 20.0 Å². The SMILES string of the molecule is CCCN1C(=O)S/C(=C\c2ccc(OCc3ccccc3F)cc2)C1=O. The van der Waals surface area contributed by atoms with Crippen LogP contribution in [0.15, 0.2) is 53.4 Å². The van der Waals surface area contributed by atoms with E-state index in [1.54, 1.807) is 48.5 Å². The topological polar surface area (TPSA) is 46.6 Å². The molecule has 1 aliphatic rings. The number of rotatable bonds is 6. The number of carbonyl (C=O) groups is 2. The largest absolute Gasteiger partial charge is 0.489 e. The summed E-state index contributed by atoms with van der Waals surface area (Å²) >= 11 is 0.956. The molecule has 6 heteroatoms. The number of nitrogens with zero attached hydrogens (tertiary/aromatic N) is 1. The lowest BCUT2D eigenvalue weighted by atomic mass is 10.2. The average Bonchev–Trinajstić information content (AvgIpc) is 2.90. The molecule has 0 atom stereocenters. The van der Waals surface area contributed by atoms with Crippen molar-refractivity contribution in [3.8, 4) is 5.75 Å². The molecule has 4 nitrogen and oxygen atoms in total. The van der Waals surface area contributed by atoms with Gasteiger partial charge in [0, 0.05) is 12.1 Å². The molecule has 0 aliphatic carbocycles. The Morgan fingerprint density at radius 2 is 1.85 bits per heavy atom. The van der Waals surface area contributed by atoms with Crippen molar-refractivity contribution in [1.29, 1.82) is 0 Å². The number of hydrogen-bond acceptors (Lipinski definition) is 4. The molecular weight excluding hydrogens is 353 g/mol. The number of imide groups is 1. The van der Waals surface area contributed by atoms with Gasteiger partial charge in [-0.1, -0.05) is 37.3 Å². The highest BCUT2D eigenvalue weighted by molar-refractivity contribution is 8.18. The van der Waals surface area contributed by atoms with E-state index in [2.05, 4.69) is 0 Å². The summed E-state index contributed by atoms with van der Waals surface area (Å²) in [5, 5.41) is -0.229. The quantitative estimate of drug-likeness (QED) is 0.681. The minimum atomic E-state index is -0.299. The summed E-state index contributed by atoms with van der Waals surface area (Å²) in [7, 11) is 0. The lowest BCUT2D eigenvalue weighted by Crippen LogP contribution is -2.28. The summed E-state index contributed by atoms with van der Waals surface area (Å²) in [4.78, 5) is 25.8. The molecule has 0 N–H and O–H groups in total. The minimum Gasteiger partial charge on any atom is -0.489 e. The number of benzene rings is 2. The Labute approximate surface area is 155 Å². The molecule has 1 aliphatic heterocycles. The van der Waals surface area contributed by atoms with Gasteiger partial charge in [0.1, 0.15) is 18.2 Å². The molecular formula is C20H18FNO3S. The third-order valence-electron chi connectivity index (χ3n) is 3.85. The van der Waals surface area contributed by atoms with Crippen LogP contribution >= 0.6 is 11.8 Å². The number of halogens is 1. The Hall–Kier alpha value is -2.60. The van der Waals surface area contributed by atoms with E-state index >= 15 is 0 Å². The lowest BCUT2D eigenvalue weighted by molar-refractivity contribution is -0.122. The fraction of sp³-hybridized carbons (Fsp3) is 0.200. The van der Waals surface area contributed by atoms with Crippen molar-refractivity contribution in [3.63, 3.8) is 0 Å². The molecule has 0 aromatic heterocycles. The molecule has 1 saturated heterocycles. The molecule has 2 aromatic carbocycles. The third kappa shape index (κ3) is 4.14. The van der Waals surface area contributed by atoms with E-state index in [0.29, 0.717) is 22.8 Å². The van der Waals surface area contributed by atoms with Crippen LogP contribution in [-0.4, -0.2) is 22.6 Å². The zero-order valence-corrected chi connectivity index (χ0v) is 15.1. The maximum absolute atomic E-state index is 13.6. The van der Waals surface area contributed by atoms with Crippen molar-refractivity contribution in [1.82, 2.24) is 4.90 Å². The molecule has 0 saturated carbocycles. The van der Waals surface area contributed by atoms with Crippen molar-refractivity contribution >= 4 is 29.0 Å². The van der Waals surface area contributed by atoms with Gasteiger partial charge in [-0.25, -0.2) is 4.39 Å². The number of ether oxygens (including phenoxy) is 1. The minimum absolute atomic E-state index is 0.141. The van der Waals surface area contributed by atoms with E-state index in [4.69, 9.17) is 4.74 Å². The number of hydrogen-bond donors (Lipinski definition) is 0. The summed E-state index contributed by atoms with van der Waals surface area (Å²) < 4.78 is 19.2. The lowest BCUT2D eigenvalue weighted by Gasteiger charge is -2.09. The molecule has 0 unspecified atom stereocenters. The maximum Gasteiger partial charge on any atom is 0.293 e. The molecule has 1 heterocycles. The molecule has 0 radical (unpaired) electrons. The van der Waals surface area contributed by atoms with Crippen LogP contribution in [0, 0.1) is 5.82 Å². The molecule has 0 spiro atoms. The first kappa shape index (κ1) is 18.2. The van der Waals surface area contributed by atoms with Gasteiger partial charge in [0.15, 0.2) is 0 Å². The van der Waals surface area contributed by atoms with E-state index in [1.807, 2.05) is 6.92 Å². The summed E-state index contributed by atoms with van der Waals surface area (Å²) in [5.74, 6) is 0.0538. The molecule has 1 fully saturated rings. The molecule has 0 bridgehead atoms. The number of thioether (sulfide) groups is 1. The molecule has 2 aromatic rings. The van der Waals surface area contributed by atoms with Crippen LogP contribution in [0.5, 0.6) is 5.75 Å². The van der Waals surface area contributed by atoms with Gasteiger partial charge in [-0.2, -0.15) is 0 Å². The van der Waals surface area contributed by atoms with Crippen LogP contribution in [0.2, 0.25) is 0 Å². The predicted octanol–water partition coefficient (Wildman–Crippen LogP) is 4.85. The van der Waals surface area contributed by atoms with Gasteiger partial charge >= 0.3 is 0 Å². The molecule has 26 heavy (non-hydrogen) atoms. The zero-order chi connectivity index (χ0) is 18.5. The smallest absolute Gasteiger partial charge is 0.293 e. The van der Waals surface area contributed by atoms with Crippen LogP contribution in [0.3, 0.4) is 0 Å². The van der Waals surface area contributed by atoms with Gasteiger partial charge in [-0.3, -0.25) is 14.5 Å². The summed E-state index contributed by atoms with van der Waals surface area (Å²) in [5.41, 5.74) is 1.28. The standard InChI is InChI=1S/C20H18FNO3S/c1-2-11-22-19(23)18(26-20(22)24)12-14-7-9-16(10-8-14)25-13-15-5-3-4-6-17(15)21/h3-10,12H,2,11,13H2,1H3/b18-12-. The van der Waals surface area contributed by atoms with Crippen LogP contribution in [0.4, 0.5) is 9.18 Å². The van der Waals surface area contributed by atoms with Gasteiger partial charge in [0.05, 0.1) is 4.91 Å². The van der Waals surface area contributed by atoms with Gasteiger partial charge in [-0.05, 0) is 48.0 Å². The normalized spacial score (nSPS) is 15.8. The van der Waals surface area contributed by atoms with Crippen LogP contribution in [0.25, 0.3) is 6.08 Å². The number of carbonyl (C=O) groups excluding carboxylic acids is 2. The predicted molar refractivity (Wildman–Crippen MR) is 100 cm³/mol. The van der Waals surface area contributed by atoms with E-state index in [1.165, 1.54) is 11.0 Å². The van der Waals surface area contributed by atoms with Crippen LogP contribution < -0.4 is 4.74 Å². The first-order valence-electron chi connectivity index (χ1n) is 8.30. The summed E-state index contributed by atoms with van der Waals surface area (Å²) in [6.07, 6.45) is 2.43. The van der Waals surface area contributed by atoms with Crippen molar-refractivity contribution in [2.24, 2.45) is 0 Å². The van der Waals surface area contributed by atoms with E-state index in [0.717, 1.165) is 23.7 Å². The van der Waals surface area contributed by atoms with Gasteiger partial charge in [0.25, 0.3) is 11.1 Å². The molecule has 2 amide bonds. The first-order chi connectivity index (χ1) is 12.6. The summed E-state index contributed by atoms with van der Waals surface area (Å²) in [6.45, 7) is 2.50. The fourth-order valence-electron chi connectivity index (χ4n) is 2.50. The van der Waals surface area contributed by atoms with Gasteiger partial charge < -0.3 is 4.74 Å². The van der Waals surface area contributed by atoms with Crippen molar-refractivity contribution in [2.75, 3.05) is 6.54 Å². The highest BCUT2D eigenvalue weighted by Crippen LogP contribution is 2.32. The Balaban J connectivity index is 1.65. The maximum atomic E-state index is 13.6. The van der Waals surface area contributed by atoms with E-state index in [9.17, 15) is 14.0 Å². The number of amides is 2. The second-order valence-corrected chi connectivity index (χ2v) is 6.78. The Morgan fingerprint density at radius 3 is 2.54 bits per heavy atom. The third-order valence-corrected chi connectivity index (χ3v) is 4.76. The Kier molecular flexibility index (Phi) is 5.73. The first-order valence-corrected chi connectivity index (χ1v) is 9.11. The average molecular weight is 371 g/mol.